The molecule has 4 heteroatoms. The third-order valence-electron chi connectivity index (χ3n) is 2.45. The zero-order chi connectivity index (χ0) is 11.4. The number of aliphatic hydroxyl groups is 2. The lowest BCUT2D eigenvalue weighted by Gasteiger charge is -2.19. The Labute approximate surface area is 94.5 Å². The monoisotopic (exact) mass is 229 g/mol. The summed E-state index contributed by atoms with van der Waals surface area (Å²) in [6.45, 7) is 1.86. The molecule has 0 spiro atoms. The minimum Gasteiger partial charge on any atom is -0.398 e. The van der Waals surface area contributed by atoms with Crippen LogP contribution in [0.4, 0.5) is 5.69 Å². The summed E-state index contributed by atoms with van der Waals surface area (Å²) >= 11 is 5.50. The van der Waals surface area contributed by atoms with Crippen molar-refractivity contribution in [3.63, 3.8) is 0 Å². The molecule has 0 heterocycles. The molecule has 2 unspecified atom stereocenters. The Morgan fingerprint density at radius 3 is 2.67 bits per heavy atom. The van der Waals surface area contributed by atoms with E-state index in [0.29, 0.717) is 23.6 Å². The number of hydrogen-bond acceptors (Lipinski definition) is 3. The zero-order valence-electron chi connectivity index (χ0n) is 8.65. The van der Waals surface area contributed by atoms with Gasteiger partial charge < -0.3 is 15.9 Å². The van der Waals surface area contributed by atoms with Gasteiger partial charge in [-0.2, -0.15) is 0 Å². The maximum absolute atomic E-state index is 9.84. The molecule has 0 aliphatic rings. The standard InChI is InChI=1S/C11H16ClNO2/c1-7-3-2-4-8(10(7)13)11(15)9(14)5-6-12/h2-4,9,11,14-15H,5-6,13H2,1H3. The molecule has 1 aromatic carbocycles. The van der Waals surface area contributed by atoms with Crippen LogP contribution >= 0.6 is 11.6 Å². The fraction of sp³-hybridized carbons (Fsp3) is 0.455. The van der Waals surface area contributed by atoms with E-state index in [1.165, 1.54) is 0 Å². The summed E-state index contributed by atoms with van der Waals surface area (Å²) in [5.41, 5.74) is 7.80. The number of halogens is 1. The van der Waals surface area contributed by atoms with E-state index in [0.717, 1.165) is 5.56 Å². The molecule has 4 N–H and O–H groups in total. The van der Waals surface area contributed by atoms with Gasteiger partial charge >= 0.3 is 0 Å². The van der Waals surface area contributed by atoms with Crippen molar-refractivity contribution in [1.29, 1.82) is 0 Å². The third-order valence-corrected chi connectivity index (χ3v) is 2.66. The van der Waals surface area contributed by atoms with Gasteiger partial charge in [0.15, 0.2) is 0 Å². The van der Waals surface area contributed by atoms with Gasteiger partial charge in [0.2, 0.25) is 0 Å². The Morgan fingerprint density at radius 2 is 2.07 bits per heavy atom. The molecule has 0 radical (unpaired) electrons. The number of nitrogens with two attached hydrogens (primary N) is 1. The molecule has 0 aromatic heterocycles. The van der Waals surface area contributed by atoms with Crippen LogP contribution in [-0.4, -0.2) is 22.2 Å². The predicted molar refractivity (Wildman–Crippen MR) is 61.9 cm³/mol. The summed E-state index contributed by atoms with van der Waals surface area (Å²) < 4.78 is 0. The molecule has 0 saturated carbocycles. The van der Waals surface area contributed by atoms with Gasteiger partial charge in [-0.15, -0.1) is 11.6 Å². The van der Waals surface area contributed by atoms with Gasteiger partial charge in [0.05, 0.1) is 6.10 Å². The van der Waals surface area contributed by atoms with Crippen molar-refractivity contribution in [2.45, 2.75) is 25.6 Å². The van der Waals surface area contributed by atoms with Crippen LogP contribution in [0.5, 0.6) is 0 Å². The first-order valence-electron chi connectivity index (χ1n) is 4.85. The summed E-state index contributed by atoms with van der Waals surface area (Å²) in [5.74, 6) is 0.309. The Hall–Kier alpha value is -0.770. The predicted octanol–water partition coefficient (Wildman–Crippen LogP) is 1.60. The second-order valence-electron chi connectivity index (χ2n) is 3.57. The van der Waals surface area contributed by atoms with E-state index >= 15 is 0 Å². The molecular weight excluding hydrogens is 214 g/mol. The second-order valence-corrected chi connectivity index (χ2v) is 3.95. The molecule has 2 atom stereocenters. The number of rotatable bonds is 4. The molecule has 15 heavy (non-hydrogen) atoms. The maximum atomic E-state index is 9.84. The van der Waals surface area contributed by atoms with Crippen LogP contribution < -0.4 is 5.73 Å². The lowest BCUT2D eigenvalue weighted by molar-refractivity contribution is 0.0174. The first-order valence-corrected chi connectivity index (χ1v) is 5.38. The number of benzene rings is 1. The Morgan fingerprint density at radius 1 is 1.40 bits per heavy atom. The molecule has 3 nitrogen and oxygen atoms in total. The highest BCUT2D eigenvalue weighted by molar-refractivity contribution is 6.17. The number of alkyl halides is 1. The van der Waals surface area contributed by atoms with Gasteiger partial charge in [0.1, 0.15) is 6.10 Å². The highest BCUT2D eigenvalue weighted by Crippen LogP contribution is 2.26. The summed E-state index contributed by atoms with van der Waals surface area (Å²) in [6, 6.07) is 5.38. The molecule has 1 rings (SSSR count). The van der Waals surface area contributed by atoms with E-state index in [1.807, 2.05) is 13.0 Å². The van der Waals surface area contributed by atoms with Crippen molar-refractivity contribution in [3.8, 4) is 0 Å². The van der Waals surface area contributed by atoms with Crippen molar-refractivity contribution in [2.75, 3.05) is 11.6 Å². The fourth-order valence-corrected chi connectivity index (χ4v) is 1.66. The number of aliphatic hydroxyl groups excluding tert-OH is 2. The van der Waals surface area contributed by atoms with Crippen LogP contribution in [0.3, 0.4) is 0 Å². The molecule has 0 fully saturated rings. The van der Waals surface area contributed by atoms with Crippen molar-refractivity contribution in [2.24, 2.45) is 0 Å². The largest absolute Gasteiger partial charge is 0.398 e. The number of aryl methyl sites for hydroxylation is 1. The van der Waals surface area contributed by atoms with Gasteiger partial charge in [0.25, 0.3) is 0 Å². The molecule has 0 saturated heterocycles. The smallest absolute Gasteiger partial charge is 0.107 e. The lowest BCUT2D eigenvalue weighted by Crippen LogP contribution is -2.20. The van der Waals surface area contributed by atoms with Crippen molar-refractivity contribution in [1.82, 2.24) is 0 Å². The Balaban J connectivity index is 2.90. The Bertz CT molecular complexity index is 330. The minimum absolute atomic E-state index is 0.309. The van der Waals surface area contributed by atoms with Gasteiger partial charge in [-0.3, -0.25) is 0 Å². The maximum Gasteiger partial charge on any atom is 0.107 e. The minimum atomic E-state index is -0.969. The average molecular weight is 230 g/mol. The zero-order valence-corrected chi connectivity index (χ0v) is 9.41. The van der Waals surface area contributed by atoms with E-state index in [9.17, 15) is 10.2 Å². The number of hydrogen-bond donors (Lipinski definition) is 3. The second kappa shape index (κ2) is 5.35. The van der Waals surface area contributed by atoms with Crippen LogP contribution in [0.2, 0.25) is 0 Å². The summed E-state index contributed by atoms with van der Waals surface area (Å²) in [7, 11) is 0. The van der Waals surface area contributed by atoms with Gasteiger partial charge in [0, 0.05) is 17.1 Å². The molecule has 0 amide bonds. The Kier molecular flexibility index (Phi) is 4.39. The molecule has 0 aliphatic carbocycles. The quantitative estimate of drug-likeness (QED) is 0.543. The van der Waals surface area contributed by atoms with Crippen LogP contribution in [0.15, 0.2) is 18.2 Å². The van der Waals surface area contributed by atoms with Crippen LogP contribution in [-0.2, 0) is 0 Å². The summed E-state index contributed by atoms with van der Waals surface area (Å²) in [4.78, 5) is 0. The van der Waals surface area contributed by atoms with Crippen LogP contribution in [0, 0.1) is 6.92 Å². The molecule has 0 aliphatic heterocycles. The summed E-state index contributed by atoms with van der Waals surface area (Å²) in [6.07, 6.45) is -1.49. The van der Waals surface area contributed by atoms with E-state index in [4.69, 9.17) is 17.3 Å². The molecule has 1 aromatic rings. The first kappa shape index (κ1) is 12.3. The van der Waals surface area contributed by atoms with E-state index in [2.05, 4.69) is 0 Å². The number of anilines is 1. The normalized spacial score (nSPS) is 14.9. The lowest BCUT2D eigenvalue weighted by atomic mass is 9.99. The van der Waals surface area contributed by atoms with Crippen molar-refractivity contribution in [3.05, 3.63) is 29.3 Å². The highest BCUT2D eigenvalue weighted by Gasteiger charge is 2.20. The highest BCUT2D eigenvalue weighted by atomic mass is 35.5. The van der Waals surface area contributed by atoms with Crippen molar-refractivity contribution < 1.29 is 10.2 Å². The van der Waals surface area contributed by atoms with Gasteiger partial charge in [-0.25, -0.2) is 0 Å². The van der Waals surface area contributed by atoms with Crippen LogP contribution in [0.1, 0.15) is 23.7 Å². The fourth-order valence-electron chi connectivity index (χ4n) is 1.44. The molecule has 0 bridgehead atoms. The SMILES string of the molecule is Cc1cccc(C(O)C(O)CCCl)c1N. The third kappa shape index (κ3) is 2.84. The van der Waals surface area contributed by atoms with E-state index < -0.39 is 12.2 Å². The molecule has 84 valence electrons. The number of para-hydroxylation sites is 1. The molecular formula is C11H16ClNO2. The average Bonchev–Trinajstić information content (AvgIpc) is 2.21. The van der Waals surface area contributed by atoms with E-state index in [1.54, 1.807) is 12.1 Å². The topological polar surface area (TPSA) is 66.5 Å². The van der Waals surface area contributed by atoms with Gasteiger partial charge in [-0.1, -0.05) is 18.2 Å². The van der Waals surface area contributed by atoms with Crippen molar-refractivity contribution >= 4 is 17.3 Å². The van der Waals surface area contributed by atoms with E-state index in [-0.39, 0.29) is 0 Å². The summed E-state index contributed by atoms with van der Waals surface area (Å²) in [5, 5.41) is 19.4. The first-order chi connectivity index (χ1) is 7.07. The van der Waals surface area contributed by atoms with Gasteiger partial charge in [-0.05, 0) is 18.9 Å². The van der Waals surface area contributed by atoms with Crippen LogP contribution in [0.25, 0.3) is 0 Å². The number of nitrogen functional groups attached to an aromatic ring is 1.